The van der Waals surface area contributed by atoms with Crippen molar-refractivity contribution in [3.8, 4) is 0 Å². The lowest BCUT2D eigenvalue weighted by Gasteiger charge is -2.07. The first-order valence-electron chi connectivity index (χ1n) is 3.77. The van der Waals surface area contributed by atoms with Crippen LogP contribution in [-0.2, 0) is 13.0 Å². The first-order chi connectivity index (χ1) is 5.70. The zero-order valence-corrected chi connectivity index (χ0v) is 8.28. The van der Waals surface area contributed by atoms with Crippen molar-refractivity contribution in [1.82, 2.24) is 0 Å². The summed E-state index contributed by atoms with van der Waals surface area (Å²) in [5, 5.41) is 10.1. The minimum absolute atomic E-state index is 0.106. The van der Waals surface area contributed by atoms with E-state index < -0.39 is 0 Å². The summed E-state index contributed by atoms with van der Waals surface area (Å²) in [4.78, 5) is 0. The number of aryl methyl sites for hydroxylation is 1. The fraction of sp³-hybridized carbons (Fsp3) is 0.333. The summed E-state index contributed by atoms with van der Waals surface area (Å²) in [6, 6.07) is 3.64. The van der Waals surface area contributed by atoms with Gasteiger partial charge in [0.05, 0.1) is 11.6 Å². The minimum Gasteiger partial charge on any atom is -0.392 e. The molecule has 0 unspecified atom stereocenters. The number of benzene rings is 1. The highest BCUT2D eigenvalue weighted by atomic mass is 35.5. The molecule has 1 rings (SSSR count). The molecule has 1 N–H and O–H groups in total. The molecule has 0 atom stereocenters. The van der Waals surface area contributed by atoms with Crippen LogP contribution in [0.4, 0.5) is 0 Å². The Morgan fingerprint density at radius 3 is 2.50 bits per heavy atom. The normalized spacial score (nSPS) is 10.3. The van der Waals surface area contributed by atoms with E-state index in [1.807, 2.05) is 13.0 Å². The van der Waals surface area contributed by atoms with Crippen molar-refractivity contribution in [3.63, 3.8) is 0 Å². The highest BCUT2D eigenvalue weighted by molar-refractivity contribution is 6.36. The molecule has 0 fully saturated rings. The lowest BCUT2D eigenvalue weighted by molar-refractivity contribution is 0.282. The van der Waals surface area contributed by atoms with Gasteiger partial charge in [0.1, 0.15) is 0 Å². The Morgan fingerprint density at radius 2 is 2.00 bits per heavy atom. The standard InChI is InChI=1S/C9H10Cl2O/c1-2-6-3-4-8(10)7(5-12)9(6)11/h3-4,12H,2,5H2,1H3. The van der Waals surface area contributed by atoms with Gasteiger partial charge in [0, 0.05) is 10.6 Å². The third-order valence-electron chi connectivity index (χ3n) is 1.81. The summed E-state index contributed by atoms with van der Waals surface area (Å²) in [6.07, 6.45) is 0.850. The molecule has 0 radical (unpaired) electrons. The molecule has 0 bridgehead atoms. The molecule has 66 valence electrons. The average molecular weight is 205 g/mol. The maximum Gasteiger partial charge on any atom is 0.0711 e. The molecule has 0 aromatic heterocycles. The third kappa shape index (κ3) is 1.74. The summed E-state index contributed by atoms with van der Waals surface area (Å²) in [6.45, 7) is 1.90. The van der Waals surface area contributed by atoms with E-state index in [-0.39, 0.29) is 6.61 Å². The molecular weight excluding hydrogens is 195 g/mol. The Labute approximate surface area is 81.9 Å². The Hall–Kier alpha value is -0.240. The molecule has 1 aromatic carbocycles. The molecule has 3 heteroatoms. The molecule has 0 aliphatic heterocycles. The van der Waals surface area contributed by atoms with Crippen LogP contribution in [-0.4, -0.2) is 5.11 Å². The minimum atomic E-state index is -0.106. The second kappa shape index (κ2) is 4.13. The monoisotopic (exact) mass is 204 g/mol. The van der Waals surface area contributed by atoms with E-state index in [2.05, 4.69) is 0 Å². The molecule has 1 aromatic rings. The van der Waals surface area contributed by atoms with Crippen molar-refractivity contribution in [2.75, 3.05) is 0 Å². The average Bonchev–Trinajstić information content (AvgIpc) is 2.06. The van der Waals surface area contributed by atoms with E-state index in [4.69, 9.17) is 28.3 Å². The lowest BCUT2D eigenvalue weighted by atomic mass is 10.1. The molecule has 0 saturated carbocycles. The van der Waals surface area contributed by atoms with Gasteiger partial charge in [-0.25, -0.2) is 0 Å². The summed E-state index contributed by atoms with van der Waals surface area (Å²) in [5.41, 5.74) is 1.64. The maximum atomic E-state index is 8.95. The van der Waals surface area contributed by atoms with Crippen LogP contribution in [0.3, 0.4) is 0 Å². The molecule has 0 heterocycles. The van der Waals surface area contributed by atoms with E-state index in [0.717, 1.165) is 12.0 Å². The molecular formula is C9H10Cl2O. The molecule has 0 aliphatic carbocycles. The molecule has 1 nitrogen and oxygen atoms in total. The summed E-state index contributed by atoms with van der Waals surface area (Å²) in [7, 11) is 0. The maximum absolute atomic E-state index is 8.95. The van der Waals surface area contributed by atoms with Gasteiger partial charge in [-0.05, 0) is 18.1 Å². The lowest BCUT2D eigenvalue weighted by Crippen LogP contribution is -1.91. The highest BCUT2D eigenvalue weighted by Crippen LogP contribution is 2.28. The summed E-state index contributed by atoms with van der Waals surface area (Å²) >= 11 is 11.8. The van der Waals surface area contributed by atoms with Crippen molar-refractivity contribution in [2.24, 2.45) is 0 Å². The number of aliphatic hydroxyl groups is 1. The topological polar surface area (TPSA) is 20.2 Å². The quantitative estimate of drug-likeness (QED) is 0.786. The number of rotatable bonds is 2. The molecule has 0 saturated heterocycles. The second-order valence-corrected chi connectivity index (χ2v) is 3.30. The first-order valence-corrected chi connectivity index (χ1v) is 4.53. The van der Waals surface area contributed by atoms with Crippen LogP contribution in [0.2, 0.25) is 10.0 Å². The van der Waals surface area contributed by atoms with Gasteiger partial charge in [-0.1, -0.05) is 36.2 Å². The Morgan fingerprint density at radius 1 is 1.33 bits per heavy atom. The van der Waals surface area contributed by atoms with Crippen LogP contribution in [0.1, 0.15) is 18.1 Å². The fourth-order valence-electron chi connectivity index (χ4n) is 1.06. The Bertz CT molecular complexity index is 284. The van der Waals surface area contributed by atoms with Gasteiger partial charge in [0.2, 0.25) is 0 Å². The molecule has 0 aliphatic rings. The summed E-state index contributed by atoms with van der Waals surface area (Å²) in [5.74, 6) is 0. The van der Waals surface area contributed by atoms with Crippen molar-refractivity contribution < 1.29 is 5.11 Å². The van der Waals surface area contributed by atoms with Gasteiger partial charge in [-0.3, -0.25) is 0 Å². The van der Waals surface area contributed by atoms with Gasteiger partial charge in [-0.15, -0.1) is 0 Å². The number of halogens is 2. The van der Waals surface area contributed by atoms with Crippen LogP contribution in [0.25, 0.3) is 0 Å². The molecule has 0 spiro atoms. The van der Waals surface area contributed by atoms with Gasteiger partial charge >= 0.3 is 0 Å². The van der Waals surface area contributed by atoms with Gasteiger partial charge in [0.25, 0.3) is 0 Å². The van der Waals surface area contributed by atoms with Gasteiger partial charge in [-0.2, -0.15) is 0 Å². The van der Waals surface area contributed by atoms with Crippen LogP contribution in [0.5, 0.6) is 0 Å². The fourth-order valence-corrected chi connectivity index (χ4v) is 1.69. The predicted molar refractivity (Wildman–Crippen MR) is 51.8 cm³/mol. The van der Waals surface area contributed by atoms with Gasteiger partial charge < -0.3 is 5.11 Å². The largest absolute Gasteiger partial charge is 0.392 e. The first kappa shape index (κ1) is 9.85. The highest BCUT2D eigenvalue weighted by Gasteiger charge is 2.07. The van der Waals surface area contributed by atoms with E-state index in [1.54, 1.807) is 6.07 Å². The van der Waals surface area contributed by atoms with E-state index in [0.29, 0.717) is 15.6 Å². The zero-order valence-electron chi connectivity index (χ0n) is 6.77. The number of aliphatic hydroxyl groups excluding tert-OH is 1. The number of hydrogen-bond acceptors (Lipinski definition) is 1. The molecule has 12 heavy (non-hydrogen) atoms. The van der Waals surface area contributed by atoms with Crippen molar-refractivity contribution >= 4 is 23.2 Å². The molecule has 0 amide bonds. The van der Waals surface area contributed by atoms with Crippen molar-refractivity contribution in [1.29, 1.82) is 0 Å². The Kier molecular flexibility index (Phi) is 3.39. The zero-order chi connectivity index (χ0) is 9.14. The SMILES string of the molecule is CCc1ccc(Cl)c(CO)c1Cl. The van der Waals surface area contributed by atoms with Gasteiger partial charge in [0.15, 0.2) is 0 Å². The van der Waals surface area contributed by atoms with Crippen LogP contribution < -0.4 is 0 Å². The van der Waals surface area contributed by atoms with Crippen molar-refractivity contribution in [2.45, 2.75) is 20.0 Å². The van der Waals surface area contributed by atoms with Crippen LogP contribution >= 0.6 is 23.2 Å². The smallest absolute Gasteiger partial charge is 0.0711 e. The second-order valence-electron chi connectivity index (χ2n) is 2.51. The predicted octanol–water partition coefficient (Wildman–Crippen LogP) is 3.05. The summed E-state index contributed by atoms with van der Waals surface area (Å²) < 4.78 is 0. The van der Waals surface area contributed by atoms with Crippen LogP contribution in [0, 0.1) is 0 Å². The third-order valence-corrected chi connectivity index (χ3v) is 2.63. The van der Waals surface area contributed by atoms with E-state index in [1.165, 1.54) is 0 Å². The van der Waals surface area contributed by atoms with Crippen molar-refractivity contribution in [3.05, 3.63) is 33.3 Å². The van der Waals surface area contributed by atoms with E-state index in [9.17, 15) is 0 Å². The number of hydrogen-bond donors (Lipinski definition) is 1. The van der Waals surface area contributed by atoms with Crippen LogP contribution in [0.15, 0.2) is 12.1 Å². The Balaban J connectivity index is 3.24. The van der Waals surface area contributed by atoms with E-state index >= 15 is 0 Å².